The molecular formula is C13H8N6S2. The average Bonchev–Trinajstić information content (AvgIpc) is 3.14. The van der Waals surface area contributed by atoms with Gasteiger partial charge in [0.1, 0.15) is 0 Å². The molecule has 0 aliphatic rings. The number of para-hydroxylation sites is 1. The monoisotopic (exact) mass is 312 g/mol. The number of rotatable bonds is 3. The van der Waals surface area contributed by atoms with Crippen LogP contribution < -0.4 is 0 Å². The number of hydrogen-bond donors (Lipinski definition) is 0. The molecule has 102 valence electrons. The third-order valence-corrected chi connectivity index (χ3v) is 4.82. The van der Waals surface area contributed by atoms with Gasteiger partial charge in [-0.2, -0.15) is 4.68 Å². The zero-order valence-electron chi connectivity index (χ0n) is 10.6. The molecule has 8 heteroatoms. The maximum atomic E-state index is 4.58. The Hall–Kier alpha value is -2.32. The van der Waals surface area contributed by atoms with Gasteiger partial charge in [0.2, 0.25) is 5.16 Å². The average molecular weight is 312 g/mol. The normalized spacial score (nSPS) is 11.0. The molecule has 3 heterocycles. The lowest BCUT2D eigenvalue weighted by atomic mass is 10.3. The number of fused-ring (bicyclic) bond motifs is 1. The fourth-order valence-electron chi connectivity index (χ4n) is 1.86. The number of hydrogen-bond acceptors (Lipinski definition) is 7. The van der Waals surface area contributed by atoms with Crippen molar-refractivity contribution in [1.29, 1.82) is 0 Å². The second-order valence-electron chi connectivity index (χ2n) is 4.13. The van der Waals surface area contributed by atoms with Crippen molar-refractivity contribution >= 4 is 33.3 Å². The highest BCUT2D eigenvalue weighted by atomic mass is 32.2. The van der Waals surface area contributed by atoms with Crippen LogP contribution in [0.1, 0.15) is 0 Å². The molecule has 0 atom stereocenters. The Morgan fingerprint density at radius 2 is 2.05 bits per heavy atom. The van der Waals surface area contributed by atoms with Gasteiger partial charge in [-0.05, 0) is 46.5 Å². The summed E-state index contributed by atoms with van der Waals surface area (Å²) in [7, 11) is 0. The number of tetrazole rings is 1. The highest BCUT2D eigenvalue weighted by Gasteiger charge is 2.13. The lowest BCUT2D eigenvalue weighted by Gasteiger charge is -2.00. The van der Waals surface area contributed by atoms with Crippen molar-refractivity contribution in [2.24, 2.45) is 0 Å². The molecule has 0 saturated carbocycles. The molecule has 0 amide bonds. The van der Waals surface area contributed by atoms with Crippen LogP contribution >= 0.6 is 23.1 Å². The topological polar surface area (TPSA) is 69.4 Å². The van der Waals surface area contributed by atoms with Gasteiger partial charge in [0.25, 0.3) is 0 Å². The predicted octanol–water partition coefficient (Wildman–Crippen LogP) is 2.82. The van der Waals surface area contributed by atoms with Crippen LogP contribution in [0.4, 0.5) is 0 Å². The summed E-state index contributed by atoms with van der Waals surface area (Å²) < 4.78 is 3.72. The van der Waals surface area contributed by atoms with Crippen molar-refractivity contribution in [2.45, 2.75) is 9.50 Å². The Balaban J connectivity index is 1.70. The van der Waals surface area contributed by atoms with E-state index in [2.05, 4.69) is 31.6 Å². The van der Waals surface area contributed by atoms with Gasteiger partial charge in [-0.3, -0.25) is 4.98 Å². The summed E-state index contributed by atoms with van der Waals surface area (Å²) in [4.78, 5) is 8.66. The minimum atomic E-state index is 0.669. The molecular weight excluding hydrogens is 304 g/mol. The smallest absolute Gasteiger partial charge is 0.221 e. The van der Waals surface area contributed by atoms with Crippen LogP contribution in [0.5, 0.6) is 0 Å². The van der Waals surface area contributed by atoms with E-state index in [1.54, 1.807) is 28.4 Å². The maximum Gasteiger partial charge on any atom is 0.221 e. The van der Waals surface area contributed by atoms with Crippen LogP contribution in [-0.2, 0) is 0 Å². The summed E-state index contributed by atoms with van der Waals surface area (Å²) in [6.07, 6.45) is 3.44. The van der Waals surface area contributed by atoms with Crippen LogP contribution in [-0.4, -0.2) is 30.2 Å². The second kappa shape index (κ2) is 5.23. The highest BCUT2D eigenvalue weighted by Crippen LogP contribution is 2.33. The minimum absolute atomic E-state index is 0.669. The minimum Gasteiger partial charge on any atom is -0.262 e. The van der Waals surface area contributed by atoms with E-state index in [-0.39, 0.29) is 0 Å². The molecule has 4 aromatic rings. The third-order valence-electron chi connectivity index (χ3n) is 2.78. The SMILES string of the molecule is c1cncc(-n2nnnc2Sc2nc3ccccc3s2)c1. The van der Waals surface area contributed by atoms with Crippen LogP contribution in [0.3, 0.4) is 0 Å². The third kappa shape index (κ3) is 2.39. The van der Waals surface area contributed by atoms with Crippen molar-refractivity contribution in [3.8, 4) is 5.69 Å². The Morgan fingerprint density at radius 3 is 2.90 bits per heavy atom. The number of aromatic nitrogens is 6. The van der Waals surface area contributed by atoms with Crippen molar-refractivity contribution in [2.75, 3.05) is 0 Å². The molecule has 3 aromatic heterocycles. The van der Waals surface area contributed by atoms with Gasteiger partial charge < -0.3 is 0 Å². The van der Waals surface area contributed by atoms with Gasteiger partial charge in [-0.1, -0.05) is 12.1 Å². The predicted molar refractivity (Wildman–Crippen MR) is 80.7 cm³/mol. The van der Waals surface area contributed by atoms with E-state index in [1.165, 1.54) is 11.8 Å². The Kier molecular flexibility index (Phi) is 3.09. The fourth-order valence-corrected chi connectivity index (χ4v) is 3.82. The molecule has 0 radical (unpaired) electrons. The van der Waals surface area contributed by atoms with Crippen molar-refractivity contribution in [3.63, 3.8) is 0 Å². The number of benzene rings is 1. The fraction of sp³-hybridized carbons (Fsp3) is 0. The molecule has 0 aliphatic heterocycles. The Labute approximate surface area is 127 Å². The lowest BCUT2D eigenvalue weighted by molar-refractivity contribution is 0.753. The van der Waals surface area contributed by atoms with E-state index in [0.717, 1.165) is 20.2 Å². The summed E-state index contributed by atoms with van der Waals surface area (Å²) in [5.74, 6) is 0. The van der Waals surface area contributed by atoms with Crippen molar-refractivity contribution in [1.82, 2.24) is 30.2 Å². The van der Waals surface area contributed by atoms with Gasteiger partial charge in [-0.25, -0.2) is 4.98 Å². The molecule has 0 N–H and O–H groups in total. The van der Waals surface area contributed by atoms with Crippen molar-refractivity contribution < 1.29 is 0 Å². The standard InChI is InChI=1S/C13H8N6S2/c1-2-6-11-10(5-1)15-13(20-11)21-12-16-17-18-19(12)9-4-3-7-14-8-9/h1-8H. The van der Waals surface area contributed by atoms with E-state index in [9.17, 15) is 0 Å². The first-order chi connectivity index (χ1) is 10.4. The zero-order valence-corrected chi connectivity index (χ0v) is 12.3. The molecule has 4 rings (SSSR count). The van der Waals surface area contributed by atoms with Crippen LogP contribution in [0.2, 0.25) is 0 Å². The number of thiazole rings is 1. The zero-order chi connectivity index (χ0) is 14.1. The second-order valence-corrected chi connectivity index (χ2v) is 6.38. The first-order valence-corrected chi connectivity index (χ1v) is 7.76. The quantitative estimate of drug-likeness (QED) is 0.579. The molecule has 0 fully saturated rings. The molecule has 0 bridgehead atoms. The summed E-state index contributed by atoms with van der Waals surface area (Å²) in [5.41, 5.74) is 1.82. The summed E-state index contributed by atoms with van der Waals surface area (Å²) >= 11 is 3.07. The Bertz CT molecular complexity index is 853. The lowest BCUT2D eigenvalue weighted by Crippen LogP contribution is -1.98. The van der Waals surface area contributed by atoms with Gasteiger partial charge in [0, 0.05) is 6.20 Å². The highest BCUT2D eigenvalue weighted by molar-refractivity contribution is 8.01. The molecule has 0 aliphatic carbocycles. The number of nitrogens with zero attached hydrogens (tertiary/aromatic N) is 6. The van der Waals surface area contributed by atoms with Gasteiger partial charge in [-0.15, -0.1) is 16.4 Å². The maximum absolute atomic E-state index is 4.58. The molecule has 0 saturated heterocycles. The van der Waals surface area contributed by atoms with Crippen molar-refractivity contribution in [3.05, 3.63) is 48.8 Å². The summed E-state index contributed by atoms with van der Waals surface area (Å²) in [6, 6.07) is 11.8. The van der Waals surface area contributed by atoms with E-state index < -0.39 is 0 Å². The van der Waals surface area contributed by atoms with E-state index in [1.807, 2.05) is 30.3 Å². The van der Waals surface area contributed by atoms with Gasteiger partial charge in [0.15, 0.2) is 4.34 Å². The van der Waals surface area contributed by atoms with E-state index in [0.29, 0.717) is 5.16 Å². The van der Waals surface area contributed by atoms with Gasteiger partial charge in [0.05, 0.1) is 22.1 Å². The van der Waals surface area contributed by atoms with Crippen LogP contribution in [0.15, 0.2) is 58.3 Å². The molecule has 6 nitrogen and oxygen atoms in total. The summed E-state index contributed by atoms with van der Waals surface area (Å²) in [5, 5.41) is 12.5. The molecule has 1 aromatic carbocycles. The first kappa shape index (κ1) is 12.4. The van der Waals surface area contributed by atoms with E-state index in [4.69, 9.17) is 0 Å². The van der Waals surface area contributed by atoms with E-state index >= 15 is 0 Å². The molecule has 0 spiro atoms. The molecule has 21 heavy (non-hydrogen) atoms. The first-order valence-electron chi connectivity index (χ1n) is 6.12. The van der Waals surface area contributed by atoms with Crippen LogP contribution in [0, 0.1) is 0 Å². The summed E-state index contributed by atoms with van der Waals surface area (Å²) in [6.45, 7) is 0. The molecule has 0 unspecified atom stereocenters. The van der Waals surface area contributed by atoms with Crippen LogP contribution in [0.25, 0.3) is 15.9 Å². The Morgan fingerprint density at radius 1 is 1.10 bits per heavy atom. The van der Waals surface area contributed by atoms with Gasteiger partial charge >= 0.3 is 0 Å². The number of pyridine rings is 1. The largest absolute Gasteiger partial charge is 0.262 e.